The Kier molecular flexibility index (Phi) is 4.14. The Bertz CT molecular complexity index is 1300. The van der Waals surface area contributed by atoms with Crippen molar-refractivity contribution >= 4 is 33.9 Å². The summed E-state index contributed by atoms with van der Waals surface area (Å²) < 4.78 is 0. The van der Waals surface area contributed by atoms with Crippen LogP contribution in [0.2, 0.25) is 0 Å². The molecule has 0 radical (unpaired) electrons. The van der Waals surface area contributed by atoms with E-state index in [9.17, 15) is 0 Å². The van der Waals surface area contributed by atoms with Gasteiger partial charge >= 0.3 is 0 Å². The molecule has 1 aliphatic heterocycles. The van der Waals surface area contributed by atoms with E-state index in [4.69, 9.17) is 0 Å². The molecular formula is C26H24N2. The van der Waals surface area contributed by atoms with Crippen LogP contribution in [-0.4, -0.2) is 37.0 Å². The Balaban J connectivity index is 2.01. The van der Waals surface area contributed by atoms with Crippen molar-refractivity contribution in [1.29, 1.82) is 0 Å². The van der Waals surface area contributed by atoms with Crippen molar-refractivity contribution in [3.8, 4) is 0 Å². The lowest BCUT2D eigenvalue weighted by Crippen LogP contribution is -2.26. The molecule has 0 aromatic heterocycles. The first-order valence-electron chi connectivity index (χ1n) is 9.85. The predicted molar refractivity (Wildman–Crippen MR) is 119 cm³/mol. The first-order chi connectivity index (χ1) is 13.7. The molecule has 5 rings (SSSR count). The summed E-state index contributed by atoms with van der Waals surface area (Å²) in [5.74, 6) is 0. The van der Waals surface area contributed by atoms with E-state index in [1.807, 2.05) is 0 Å². The van der Waals surface area contributed by atoms with Gasteiger partial charge in [0.1, 0.15) is 0 Å². The minimum atomic E-state index is 0.964. The number of rotatable bonds is 3. The second kappa shape index (κ2) is 6.81. The Hall–Kier alpha value is -3.10. The van der Waals surface area contributed by atoms with E-state index in [2.05, 4.69) is 109 Å². The Morgan fingerprint density at radius 1 is 0.643 bits per heavy atom. The van der Waals surface area contributed by atoms with Gasteiger partial charge in [-0.05, 0) is 56.5 Å². The molecule has 138 valence electrons. The topological polar surface area (TPSA) is 6.48 Å². The zero-order valence-electron chi connectivity index (χ0n) is 16.4. The molecule has 0 atom stereocenters. The van der Waals surface area contributed by atoms with Gasteiger partial charge in [-0.15, -0.1) is 0 Å². The van der Waals surface area contributed by atoms with Crippen LogP contribution in [0.25, 0.3) is 33.9 Å². The molecule has 2 nitrogen and oxygen atoms in total. The summed E-state index contributed by atoms with van der Waals surface area (Å²) in [4.78, 5) is 4.57. The van der Waals surface area contributed by atoms with Gasteiger partial charge in [0.15, 0.2) is 0 Å². The maximum absolute atomic E-state index is 2.34. The Morgan fingerprint density at radius 3 is 1.64 bits per heavy atom. The SMILES string of the molecule is CN(C)CCN1C=c2ccc3ccccc3c2=c2c(ccc3ccccc23)=C1. The molecule has 0 bridgehead atoms. The van der Waals surface area contributed by atoms with Crippen molar-refractivity contribution in [3.63, 3.8) is 0 Å². The third-order valence-corrected chi connectivity index (χ3v) is 5.59. The summed E-state index contributed by atoms with van der Waals surface area (Å²) in [7, 11) is 4.25. The van der Waals surface area contributed by atoms with Gasteiger partial charge in [0.25, 0.3) is 0 Å². The number of hydrogen-bond donors (Lipinski definition) is 0. The molecule has 28 heavy (non-hydrogen) atoms. The van der Waals surface area contributed by atoms with E-state index >= 15 is 0 Å². The molecule has 0 aliphatic carbocycles. The first kappa shape index (κ1) is 17.0. The second-order valence-corrected chi connectivity index (χ2v) is 7.80. The molecule has 1 aliphatic rings. The summed E-state index contributed by atoms with van der Waals surface area (Å²) >= 11 is 0. The molecule has 0 unspecified atom stereocenters. The zero-order chi connectivity index (χ0) is 19.1. The second-order valence-electron chi connectivity index (χ2n) is 7.80. The third kappa shape index (κ3) is 2.87. The van der Waals surface area contributed by atoms with Crippen LogP contribution in [-0.2, 0) is 0 Å². The fourth-order valence-corrected chi connectivity index (χ4v) is 4.19. The average Bonchev–Trinajstić information content (AvgIpc) is 2.89. The highest BCUT2D eigenvalue weighted by molar-refractivity contribution is 5.88. The van der Waals surface area contributed by atoms with Crippen LogP contribution < -0.4 is 10.4 Å². The molecule has 0 saturated carbocycles. The summed E-state index contributed by atoms with van der Waals surface area (Å²) in [6, 6.07) is 26.5. The maximum atomic E-state index is 2.34. The number of nitrogens with zero attached hydrogens (tertiary/aromatic N) is 2. The van der Waals surface area contributed by atoms with Gasteiger partial charge in [0, 0.05) is 25.5 Å². The predicted octanol–water partition coefficient (Wildman–Crippen LogP) is 3.63. The molecule has 0 spiro atoms. The van der Waals surface area contributed by atoms with Crippen LogP contribution in [0, 0.1) is 10.4 Å². The smallest absolute Gasteiger partial charge is 0.0347 e. The van der Waals surface area contributed by atoms with E-state index in [0.717, 1.165) is 13.1 Å². The Labute approximate surface area is 164 Å². The van der Waals surface area contributed by atoms with E-state index in [1.54, 1.807) is 0 Å². The van der Waals surface area contributed by atoms with Crippen LogP contribution in [0.4, 0.5) is 0 Å². The highest BCUT2D eigenvalue weighted by Crippen LogP contribution is 2.18. The molecule has 1 heterocycles. The van der Waals surface area contributed by atoms with Crippen LogP contribution in [0.15, 0.2) is 72.8 Å². The average molecular weight is 364 g/mol. The molecule has 0 saturated heterocycles. The summed E-state index contributed by atoms with van der Waals surface area (Å²) in [6.07, 6.45) is 4.61. The van der Waals surface area contributed by atoms with E-state index < -0.39 is 0 Å². The van der Waals surface area contributed by atoms with Gasteiger partial charge in [-0.2, -0.15) is 0 Å². The van der Waals surface area contributed by atoms with Crippen molar-refractivity contribution in [3.05, 3.63) is 93.7 Å². The molecule has 4 aromatic carbocycles. The highest BCUT2D eigenvalue weighted by Gasteiger charge is 2.07. The quantitative estimate of drug-likeness (QED) is 0.548. The lowest BCUT2D eigenvalue weighted by Gasteiger charge is -2.18. The summed E-state index contributed by atoms with van der Waals surface area (Å²) in [5.41, 5.74) is 0. The van der Waals surface area contributed by atoms with E-state index in [0.29, 0.717) is 0 Å². The molecule has 0 N–H and O–H groups in total. The molecule has 0 amide bonds. The number of benzene rings is 4. The van der Waals surface area contributed by atoms with Gasteiger partial charge in [0.2, 0.25) is 0 Å². The van der Waals surface area contributed by atoms with Gasteiger partial charge in [0.05, 0.1) is 0 Å². The molecule has 2 heteroatoms. The first-order valence-corrected chi connectivity index (χ1v) is 9.85. The largest absolute Gasteiger partial charge is 0.352 e. The fourth-order valence-electron chi connectivity index (χ4n) is 4.19. The van der Waals surface area contributed by atoms with Crippen molar-refractivity contribution in [1.82, 2.24) is 9.80 Å². The number of hydrogen-bond acceptors (Lipinski definition) is 2. The molecule has 4 aromatic rings. The molecular weight excluding hydrogens is 340 g/mol. The van der Waals surface area contributed by atoms with Crippen LogP contribution in [0.1, 0.15) is 0 Å². The highest BCUT2D eigenvalue weighted by atomic mass is 15.1. The Morgan fingerprint density at radius 2 is 1.14 bits per heavy atom. The van der Waals surface area contributed by atoms with Gasteiger partial charge < -0.3 is 9.80 Å². The zero-order valence-corrected chi connectivity index (χ0v) is 16.4. The minimum Gasteiger partial charge on any atom is -0.352 e. The monoisotopic (exact) mass is 364 g/mol. The normalized spacial score (nSPS) is 13.0. The van der Waals surface area contributed by atoms with E-state index in [1.165, 1.54) is 42.4 Å². The van der Waals surface area contributed by atoms with E-state index in [-0.39, 0.29) is 0 Å². The maximum Gasteiger partial charge on any atom is 0.0347 e. The van der Waals surface area contributed by atoms with Crippen molar-refractivity contribution < 1.29 is 0 Å². The lowest BCUT2D eigenvalue weighted by molar-refractivity contribution is 0.376. The van der Waals surface area contributed by atoms with Gasteiger partial charge in [-0.3, -0.25) is 0 Å². The number of likely N-dealkylation sites (N-methyl/N-ethyl adjacent to an activating group) is 1. The standard InChI is InChI=1S/C26H24N2/c1-27(2)15-16-28-17-21-13-11-19-7-3-5-9-23(19)25(21)26-22(18-28)14-12-20-8-4-6-10-24(20)26/h3-14,17-18H,15-16H2,1-2H3. The van der Waals surface area contributed by atoms with Gasteiger partial charge in [-0.1, -0.05) is 72.8 Å². The van der Waals surface area contributed by atoms with Crippen LogP contribution in [0.3, 0.4) is 0 Å². The summed E-state index contributed by atoms with van der Waals surface area (Å²) in [5, 5.41) is 10.5. The third-order valence-electron chi connectivity index (χ3n) is 5.59. The molecule has 0 fully saturated rings. The van der Waals surface area contributed by atoms with Gasteiger partial charge in [-0.25, -0.2) is 0 Å². The fraction of sp³-hybridized carbons (Fsp3) is 0.154. The summed E-state index contributed by atoms with van der Waals surface area (Å²) in [6.45, 7) is 1.98. The minimum absolute atomic E-state index is 0.964. The number of fused-ring (bicyclic) bond motifs is 6. The van der Waals surface area contributed by atoms with Crippen LogP contribution >= 0.6 is 0 Å². The van der Waals surface area contributed by atoms with Crippen LogP contribution in [0.5, 0.6) is 0 Å². The lowest BCUT2D eigenvalue weighted by atomic mass is 10.0. The van der Waals surface area contributed by atoms with Crippen molar-refractivity contribution in [2.75, 3.05) is 27.2 Å². The van der Waals surface area contributed by atoms with Crippen molar-refractivity contribution in [2.24, 2.45) is 0 Å². The van der Waals surface area contributed by atoms with Crippen molar-refractivity contribution in [2.45, 2.75) is 0 Å².